The molecule has 1 saturated carbocycles. The lowest BCUT2D eigenvalue weighted by atomic mass is 9.82. The van der Waals surface area contributed by atoms with E-state index in [4.69, 9.17) is 4.52 Å². The molecule has 3 N–H and O–H groups in total. The van der Waals surface area contributed by atoms with Crippen LogP contribution < -0.4 is 5.32 Å². The van der Waals surface area contributed by atoms with Gasteiger partial charge in [-0.05, 0) is 31.6 Å². The minimum atomic E-state index is -4.56. The van der Waals surface area contributed by atoms with Crippen LogP contribution in [0.15, 0.2) is 0 Å². The number of carbonyl (C=O) groups excluding carboxylic acids is 1. The lowest BCUT2D eigenvalue weighted by molar-refractivity contribution is -0.873. The van der Waals surface area contributed by atoms with Crippen LogP contribution in [-0.2, 0) is 13.9 Å². The van der Waals surface area contributed by atoms with Crippen molar-refractivity contribution in [2.75, 3.05) is 27.7 Å². The van der Waals surface area contributed by atoms with E-state index in [1.54, 1.807) is 0 Å². The van der Waals surface area contributed by atoms with Gasteiger partial charge in [-0.3, -0.25) is 9.32 Å². The summed E-state index contributed by atoms with van der Waals surface area (Å²) in [4.78, 5) is 31.3. The molecule has 0 heterocycles. The maximum atomic E-state index is 12.5. The molecule has 3 atom stereocenters. The van der Waals surface area contributed by atoms with E-state index in [0.717, 1.165) is 38.5 Å². The molecule has 1 rings (SSSR count). The van der Waals surface area contributed by atoms with Crippen molar-refractivity contribution in [3.05, 3.63) is 0 Å². The van der Waals surface area contributed by atoms with Gasteiger partial charge in [-0.1, -0.05) is 90.4 Å². The van der Waals surface area contributed by atoms with Gasteiger partial charge in [0.05, 0.1) is 21.1 Å². The molecule has 1 fully saturated rings. The lowest BCUT2D eigenvalue weighted by Crippen LogP contribution is -2.48. The van der Waals surface area contributed by atoms with E-state index >= 15 is 0 Å². The molecule has 0 spiro atoms. The van der Waals surface area contributed by atoms with Gasteiger partial charge in [0.2, 0.25) is 5.91 Å². The Bertz CT molecular complexity index is 605. The van der Waals surface area contributed by atoms with Gasteiger partial charge < -0.3 is 19.6 Å². The predicted octanol–water partition coefficient (Wildman–Crippen LogP) is 6.33. The van der Waals surface area contributed by atoms with Crippen LogP contribution in [0.5, 0.6) is 0 Å². The molecular formula is C27H56N2O5P+. The molecule has 0 aliphatic heterocycles. The summed E-state index contributed by atoms with van der Waals surface area (Å²) >= 11 is 0. The fraction of sp³-hybridized carbons (Fsp3) is 0.963. The second-order valence-corrected chi connectivity index (χ2v) is 13.0. The number of nitrogens with one attached hydrogen (secondary N) is 1. The molecular weight excluding hydrogens is 463 g/mol. The minimum Gasteiger partial charge on any atom is -0.353 e. The summed E-state index contributed by atoms with van der Waals surface area (Å²) in [5.41, 5.74) is 0. The van der Waals surface area contributed by atoms with Crippen LogP contribution in [-0.4, -0.2) is 60.0 Å². The Morgan fingerprint density at radius 3 is 1.91 bits per heavy atom. The fourth-order valence-electron chi connectivity index (χ4n) is 5.28. The van der Waals surface area contributed by atoms with Gasteiger partial charge in [-0.15, -0.1) is 0 Å². The van der Waals surface area contributed by atoms with Crippen molar-refractivity contribution in [2.45, 2.75) is 135 Å². The van der Waals surface area contributed by atoms with Crippen LogP contribution in [0.3, 0.4) is 0 Å². The number of quaternary nitrogens is 1. The number of nitrogens with zero attached hydrogens (tertiary/aromatic N) is 1. The summed E-state index contributed by atoms with van der Waals surface area (Å²) in [5, 5.41) is 3.18. The monoisotopic (exact) mass is 519 g/mol. The Kier molecular flexibility index (Phi) is 16.7. The average Bonchev–Trinajstić information content (AvgIpc) is 2.75. The molecule has 0 saturated heterocycles. The molecule has 8 heteroatoms. The first-order chi connectivity index (χ1) is 16.5. The summed E-state index contributed by atoms with van der Waals surface area (Å²) in [7, 11) is 1.42. The molecule has 1 aliphatic carbocycles. The van der Waals surface area contributed by atoms with Crippen LogP contribution in [0.1, 0.15) is 122 Å². The minimum absolute atomic E-state index is 0.0374. The van der Waals surface area contributed by atoms with Crippen molar-refractivity contribution >= 4 is 13.7 Å². The topological polar surface area (TPSA) is 95.9 Å². The highest BCUT2D eigenvalue weighted by Crippen LogP contribution is 2.42. The highest BCUT2D eigenvalue weighted by Gasteiger charge is 2.36. The molecule has 0 radical (unpaired) electrons. The second-order valence-electron chi connectivity index (χ2n) is 11.8. The van der Waals surface area contributed by atoms with Gasteiger partial charge in [-0.25, -0.2) is 4.57 Å². The number of amides is 1. The number of carbonyl (C=O) groups is 1. The molecule has 1 aliphatic rings. The number of phosphoric ester groups is 1. The zero-order chi connectivity index (χ0) is 26.2. The molecule has 0 bridgehead atoms. The molecule has 0 aromatic carbocycles. The van der Waals surface area contributed by atoms with Gasteiger partial charge in [0.15, 0.2) is 0 Å². The first kappa shape index (κ1) is 32.6. The molecule has 0 aromatic heterocycles. The third kappa shape index (κ3) is 18.4. The Morgan fingerprint density at radius 1 is 0.914 bits per heavy atom. The number of phosphoric acid groups is 1. The van der Waals surface area contributed by atoms with Crippen molar-refractivity contribution < 1.29 is 28.2 Å². The number of hydrogen-bond acceptors (Lipinski definition) is 3. The van der Waals surface area contributed by atoms with Crippen molar-refractivity contribution in [1.82, 2.24) is 5.32 Å². The summed E-state index contributed by atoms with van der Waals surface area (Å²) in [6.45, 7) is 2.78. The Hall–Kier alpha value is -0.460. The number of rotatable bonds is 20. The van der Waals surface area contributed by atoms with E-state index in [0.29, 0.717) is 17.4 Å². The SMILES string of the molecule is CCCCCCCCCCCCCCCC(=O)N[C@@H]1CCC[C@@H](C(C[N+](C)(C)C)OP(=O)(O)O)C1. The van der Waals surface area contributed by atoms with Gasteiger partial charge >= 0.3 is 7.82 Å². The maximum Gasteiger partial charge on any atom is 0.470 e. The highest BCUT2D eigenvalue weighted by atomic mass is 31.2. The van der Waals surface area contributed by atoms with E-state index < -0.39 is 13.9 Å². The standard InChI is InChI=1S/C27H55N2O5P/c1-5-6-7-8-9-10-11-12-13-14-15-16-17-21-27(30)28-25-20-18-19-24(22-25)26(23-29(2,3)4)34-35(31,32)33/h24-26H,5-23H2,1-4H3,(H2-,28,30,31,32,33)/p+1/t24-,25-,26?/m1/s1. The fourth-order valence-corrected chi connectivity index (χ4v) is 5.88. The van der Waals surface area contributed by atoms with E-state index in [-0.39, 0.29) is 17.9 Å². The van der Waals surface area contributed by atoms with Crippen LogP contribution in [0.2, 0.25) is 0 Å². The third-order valence-corrected chi connectivity index (χ3v) is 7.66. The molecule has 1 amide bonds. The number of likely N-dealkylation sites (N-methyl/N-ethyl adjacent to an activating group) is 1. The van der Waals surface area contributed by atoms with Crippen LogP contribution in [0.4, 0.5) is 0 Å². The van der Waals surface area contributed by atoms with Crippen molar-refractivity contribution in [2.24, 2.45) is 5.92 Å². The highest BCUT2D eigenvalue weighted by molar-refractivity contribution is 7.46. The van der Waals surface area contributed by atoms with Crippen molar-refractivity contribution in [1.29, 1.82) is 0 Å². The first-order valence-electron chi connectivity index (χ1n) is 14.3. The summed E-state index contributed by atoms with van der Waals surface area (Å²) < 4.78 is 17.3. The summed E-state index contributed by atoms with van der Waals surface area (Å²) in [5.74, 6) is 0.146. The predicted molar refractivity (Wildman–Crippen MR) is 144 cm³/mol. The van der Waals surface area contributed by atoms with E-state index in [9.17, 15) is 19.1 Å². The molecule has 1 unspecified atom stereocenters. The number of unbranched alkanes of at least 4 members (excludes halogenated alkanes) is 12. The number of hydrogen-bond donors (Lipinski definition) is 3. The average molecular weight is 520 g/mol. The summed E-state index contributed by atoms with van der Waals surface area (Å²) in [6.07, 6.45) is 20.3. The van der Waals surface area contributed by atoms with Crippen LogP contribution in [0, 0.1) is 5.92 Å². The maximum absolute atomic E-state index is 12.5. The van der Waals surface area contributed by atoms with Crippen molar-refractivity contribution in [3.63, 3.8) is 0 Å². The molecule has 35 heavy (non-hydrogen) atoms. The normalized spacial score (nSPS) is 20.1. The van der Waals surface area contributed by atoms with E-state index in [1.807, 2.05) is 21.1 Å². The first-order valence-corrected chi connectivity index (χ1v) is 15.9. The van der Waals surface area contributed by atoms with Gasteiger partial charge in [0.25, 0.3) is 0 Å². The lowest BCUT2D eigenvalue weighted by Gasteiger charge is -2.37. The second kappa shape index (κ2) is 17.9. The van der Waals surface area contributed by atoms with Gasteiger partial charge in [-0.2, -0.15) is 0 Å². The summed E-state index contributed by atoms with van der Waals surface area (Å²) in [6, 6.07) is 0.0681. The Morgan fingerprint density at radius 2 is 1.43 bits per heavy atom. The van der Waals surface area contributed by atoms with Gasteiger partial charge in [0.1, 0.15) is 12.6 Å². The quantitative estimate of drug-likeness (QED) is 0.0993. The largest absolute Gasteiger partial charge is 0.470 e. The van der Waals surface area contributed by atoms with Crippen LogP contribution >= 0.6 is 7.82 Å². The Balaban J connectivity index is 2.19. The Labute approximate surface area is 215 Å². The van der Waals surface area contributed by atoms with Crippen LogP contribution in [0.25, 0.3) is 0 Å². The van der Waals surface area contributed by atoms with E-state index in [2.05, 4.69) is 12.2 Å². The smallest absolute Gasteiger partial charge is 0.353 e. The third-order valence-electron chi connectivity index (χ3n) is 7.11. The zero-order valence-corrected chi connectivity index (χ0v) is 24.1. The zero-order valence-electron chi connectivity index (χ0n) is 23.2. The molecule has 208 valence electrons. The van der Waals surface area contributed by atoms with E-state index in [1.165, 1.54) is 70.6 Å². The van der Waals surface area contributed by atoms with Gasteiger partial charge in [0, 0.05) is 12.5 Å². The molecule has 0 aromatic rings. The van der Waals surface area contributed by atoms with Crippen molar-refractivity contribution in [3.8, 4) is 0 Å². The molecule has 7 nitrogen and oxygen atoms in total.